The first-order chi connectivity index (χ1) is 6.77. The second kappa shape index (κ2) is 3.80. The third-order valence-electron chi connectivity index (χ3n) is 2.45. The summed E-state index contributed by atoms with van der Waals surface area (Å²) in [7, 11) is 0. The molecule has 1 atom stereocenters. The van der Waals surface area contributed by atoms with E-state index in [1.54, 1.807) is 0 Å². The smallest absolute Gasteiger partial charge is 0.306 e. The molecule has 0 saturated carbocycles. The second-order valence-electron chi connectivity index (χ2n) is 3.41. The molecule has 1 aliphatic rings. The van der Waals surface area contributed by atoms with Gasteiger partial charge in [0.15, 0.2) is 0 Å². The van der Waals surface area contributed by atoms with Crippen molar-refractivity contribution >= 4 is 5.97 Å². The number of benzene rings is 1. The van der Waals surface area contributed by atoms with Crippen molar-refractivity contribution in [2.24, 2.45) is 0 Å². The van der Waals surface area contributed by atoms with Gasteiger partial charge >= 0.3 is 5.97 Å². The number of hydrogen-bond acceptors (Lipinski definition) is 2. The van der Waals surface area contributed by atoms with E-state index in [-0.39, 0.29) is 12.5 Å². The number of rotatable bonds is 2. The van der Waals surface area contributed by atoms with E-state index in [1.165, 1.54) is 5.56 Å². The largest absolute Gasteiger partial charge is 0.481 e. The molecule has 74 valence electrons. The Morgan fingerprint density at radius 2 is 2.29 bits per heavy atom. The summed E-state index contributed by atoms with van der Waals surface area (Å²) < 4.78 is 5.43. The molecule has 0 unspecified atom stereocenters. The van der Waals surface area contributed by atoms with Gasteiger partial charge in [0.25, 0.3) is 0 Å². The van der Waals surface area contributed by atoms with Gasteiger partial charge in [0, 0.05) is 0 Å². The lowest BCUT2D eigenvalue weighted by Gasteiger charge is -2.24. The van der Waals surface area contributed by atoms with Crippen molar-refractivity contribution in [1.82, 2.24) is 0 Å². The summed E-state index contributed by atoms with van der Waals surface area (Å²) in [6, 6.07) is 7.87. The van der Waals surface area contributed by atoms with E-state index in [9.17, 15) is 4.79 Å². The zero-order valence-corrected chi connectivity index (χ0v) is 7.77. The Hall–Kier alpha value is -1.35. The first kappa shape index (κ1) is 9.21. The van der Waals surface area contributed by atoms with Crippen molar-refractivity contribution < 1.29 is 14.6 Å². The Labute approximate surface area is 82.3 Å². The fraction of sp³-hybridized carbons (Fsp3) is 0.364. The fourth-order valence-corrected chi connectivity index (χ4v) is 1.80. The minimum absolute atomic E-state index is 0.0526. The summed E-state index contributed by atoms with van der Waals surface area (Å²) in [6.45, 7) is 0.620. The molecule has 0 bridgehead atoms. The number of carbonyl (C=O) groups is 1. The summed E-state index contributed by atoms with van der Waals surface area (Å²) in [4.78, 5) is 10.6. The fourth-order valence-electron chi connectivity index (χ4n) is 1.80. The minimum atomic E-state index is -0.813. The molecular formula is C11H12O3. The van der Waals surface area contributed by atoms with Crippen LogP contribution >= 0.6 is 0 Å². The third kappa shape index (κ3) is 1.77. The van der Waals surface area contributed by atoms with Gasteiger partial charge in [-0.1, -0.05) is 24.3 Å². The van der Waals surface area contributed by atoms with Crippen LogP contribution in [-0.4, -0.2) is 17.7 Å². The zero-order chi connectivity index (χ0) is 9.97. The molecule has 0 fully saturated rings. The Kier molecular flexibility index (Phi) is 2.50. The average molecular weight is 192 g/mol. The summed E-state index contributed by atoms with van der Waals surface area (Å²) in [5.41, 5.74) is 2.24. The number of fused-ring (bicyclic) bond motifs is 1. The van der Waals surface area contributed by atoms with Gasteiger partial charge in [-0.05, 0) is 17.5 Å². The molecule has 1 aliphatic heterocycles. The summed E-state index contributed by atoms with van der Waals surface area (Å²) in [5.74, 6) is -0.813. The van der Waals surface area contributed by atoms with E-state index in [4.69, 9.17) is 9.84 Å². The first-order valence-electron chi connectivity index (χ1n) is 4.68. The molecule has 0 amide bonds. The second-order valence-corrected chi connectivity index (χ2v) is 3.41. The van der Waals surface area contributed by atoms with Crippen LogP contribution in [0.5, 0.6) is 0 Å². The zero-order valence-electron chi connectivity index (χ0n) is 7.77. The lowest BCUT2D eigenvalue weighted by molar-refractivity contribution is -0.140. The Balaban J connectivity index is 2.26. The van der Waals surface area contributed by atoms with Crippen LogP contribution in [0.2, 0.25) is 0 Å². The number of aliphatic carboxylic acids is 1. The number of ether oxygens (including phenoxy) is 1. The lowest BCUT2D eigenvalue weighted by atomic mass is 9.96. The third-order valence-corrected chi connectivity index (χ3v) is 2.45. The maximum atomic E-state index is 10.6. The van der Waals surface area contributed by atoms with Crippen molar-refractivity contribution in [3.8, 4) is 0 Å². The van der Waals surface area contributed by atoms with E-state index >= 15 is 0 Å². The highest BCUT2D eigenvalue weighted by molar-refractivity contribution is 5.67. The van der Waals surface area contributed by atoms with Crippen LogP contribution in [0.4, 0.5) is 0 Å². The Morgan fingerprint density at radius 3 is 3.07 bits per heavy atom. The van der Waals surface area contributed by atoms with Crippen molar-refractivity contribution in [3.63, 3.8) is 0 Å². The maximum absolute atomic E-state index is 10.6. The quantitative estimate of drug-likeness (QED) is 0.776. The highest BCUT2D eigenvalue weighted by atomic mass is 16.5. The summed E-state index contributed by atoms with van der Waals surface area (Å²) in [6.07, 6.45) is 0.668. The minimum Gasteiger partial charge on any atom is -0.481 e. The molecule has 0 aromatic heterocycles. The Bertz CT molecular complexity index is 346. The highest BCUT2D eigenvalue weighted by Gasteiger charge is 2.22. The standard InChI is InChI=1S/C11H12O3/c12-11(13)7-10-9-4-2-1-3-8(9)5-6-14-10/h1-4,10H,5-7H2,(H,12,13)/t10-/m1/s1. The predicted octanol–water partition coefficient (Wildman–Crippen LogP) is 1.78. The number of carboxylic acids is 1. The molecule has 1 aromatic rings. The van der Waals surface area contributed by atoms with Crippen LogP contribution in [0.25, 0.3) is 0 Å². The molecule has 1 aromatic carbocycles. The SMILES string of the molecule is O=C(O)C[C@H]1OCCc2ccccc21. The van der Waals surface area contributed by atoms with Gasteiger partial charge in [-0.2, -0.15) is 0 Å². The van der Waals surface area contributed by atoms with Gasteiger partial charge in [-0.25, -0.2) is 0 Å². The highest BCUT2D eigenvalue weighted by Crippen LogP contribution is 2.29. The molecular weight excluding hydrogens is 180 g/mol. The van der Waals surface area contributed by atoms with Gasteiger partial charge in [-0.3, -0.25) is 4.79 Å². The molecule has 1 heterocycles. The molecule has 1 N–H and O–H groups in total. The summed E-state index contributed by atoms with van der Waals surface area (Å²) in [5, 5.41) is 8.71. The van der Waals surface area contributed by atoms with Crippen LogP contribution in [0.1, 0.15) is 23.7 Å². The average Bonchev–Trinajstić information content (AvgIpc) is 2.18. The molecule has 2 rings (SSSR count). The van der Waals surface area contributed by atoms with E-state index in [0.717, 1.165) is 12.0 Å². The van der Waals surface area contributed by atoms with Crippen molar-refractivity contribution in [3.05, 3.63) is 35.4 Å². The monoisotopic (exact) mass is 192 g/mol. The molecule has 0 radical (unpaired) electrons. The van der Waals surface area contributed by atoms with Crippen LogP contribution < -0.4 is 0 Å². The van der Waals surface area contributed by atoms with E-state index in [0.29, 0.717) is 6.61 Å². The number of carboxylic acid groups (broad SMARTS) is 1. The summed E-state index contributed by atoms with van der Waals surface area (Å²) >= 11 is 0. The first-order valence-corrected chi connectivity index (χ1v) is 4.68. The van der Waals surface area contributed by atoms with Crippen molar-refractivity contribution in [2.75, 3.05) is 6.61 Å². The van der Waals surface area contributed by atoms with E-state index in [2.05, 4.69) is 0 Å². The van der Waals surface area contributed by atoms with Gasteiger partial charge in [0.05, 0.1) is 19.1 Å². The molecule has 14 heavy (non-hydrogen) atoms. The van der Waals surface area contributed by atoms with Gasteiger partial charge in [0.2, 0.25) is 0 Å². The van der Waals surface area contributed by atoms with Crippen molar-refractivity contribution in [1.29, 1.82) is 0 Å². The molecule has 0 spiro atoms. The number of hydrogen-bond donors (Lipinski definition) is 1. The van der Waals surface area contributed by atoms with Crippen LogP contribution in [0, 0.1) is 0 Å². The predicted molar refractivity (Wildman–Crippen MR) is 51.1 cm³/mol. The van der Waals surface area contributed by atoms with Gasteiger partial charge in [0.1, 0.15) is 0 Å². The maximum Gasteiger partial charge on any atom is 0.306 e. The van der Waals surface area contributed by atoms with Gasteiger partial charge in [-0.15, -0.1) is 0 Å². The lowest BCUT2D eigenvalue weighted by Crippen LogP contribution is -2.18. The van der Waals surface area contributed by atoms with E-state index < -0.39 is 5.97 Å². The van der Waals surface area contributed by atoms with Crippen LogP contribution in [0.3, 0.4) is 0 Å². The molecule has 0 saturated heterocycles. The van der Waals surface area contributed by atoms with Crippen LogP contribution in [0.15, 0.2) is 24.3 Å². The van der Waals surface area contributed by atoms with Crippen molar-refractivity contribution in [2.45, 2.75) is 18.9 Å². The topological polar surface area (TPSA) is 46.5 Å². The molecule has 3 heteroatoms. The molecule has 0 aliphatic carbocycles. The van der Waals surface area contributed by atoms with Crippen LogP contribution in [-0.2, 0) is 16.0 Å². The van der Waals surface area contributed by atoms with E-state index in [1.807, 2.05) is 24.3 Å². The Morgan fingerprint density at radius 1 is 1.50 bits per heavy atom. The van der Waals surface area contributed by atoms with Gasteiger partial charge < -0.3 is 9.84 Å². The normalized spacial score (nSPS) is 20.1. The molecule has 3 nitrogen and oxygen atoms in total.